The average molecular weight is 301 g/mol. The van der Waals surface area contributed by atoms with Crippen LogP contribution < -0.4 is 11.1 Å². The molecule has 2 saturated heterocycles. The number of para-hydroxylation sites is 2. The van der Waals surface area contributed by atoms with Crippen molar-refractivity contribution in [1.29, 1.82) is 0 Å². The predicted octanol–water partition coefficient (Wildman–Crippen LogP) is 0.947. The standard InChI is InChI=1S/C16H19N3O3/c20-15-9-11-5-6-12(10-17-15)18(11)7-8-19-13-3-1-2-4-14(13)22-16(19)21/h1-4,11-12H,5-10H2,(H,17,20)/t11-,12+/m0/s1. The van der Waals surface area contributed by atoms with Crippen LogP contribution in [0.2, 0.25) is 0 Å². The molecular formula is C16H19N3O3. The number of carbonyl (C=O) groups is 1. The summed E-state index contributed by atoms with van der Waals surface area (Å²) in [4.78, 5) is 26.1. The van der Waals surface area contributed by atoms with Gasteiger partial charge in [0, 0.05) is 38.1 Å². The van der Waals surface area contributed by atoms with Crippen LogP contribution in [0.25, 0.3) is 11.1 Å². The third kappa shape index (κ3) is 2.23. The van der Waals surface area contributed by atoms with Crippen molar-refractivity contribution in [3.63, 3.8) is 0 Å². The highest BCUT2D eigenvalue weighted by Gasteiger charge is 2.37. The summed E-state index contributed by atoms with van der Waals surface area (Å²) < 4.78 is 6.96. The first-order chi connectivity index (χ1) is 10.7. The molecule has 1 aromatic heterocycles. The van der Waals surface area contributed by atoms with E-state index >= 15 is 0 Å². The molecule has 0 aliphatic carbocycles. The van der Waals surface area contributed by atoms with Crippen molar-refractivity contribution >= 4 is 17.0 Å². The number of hydrogen-bond acceptors (Lipinski definition) is 4. The minimum atomic E-state index is -0.308. The average Bonchev–Trinajstić information content (AvgIpc) is 2.97. The first kappa shape index (κ1) is 13.6. The Labute approximate surface area is 127 Å². The highest BCUT2D eigenvalue weighted by atomic mass is 16.4. The van der Waals surface area contributed by atoms with Crippen LogP contribution in [0.15, 0.2) is 33.5 Å². The van der Waals surface area contributed by atoms with Gasteiger partial charge in [-0.05, 0) is 25.0 Å². The van der Waals surface area contributed by atoms with Gasteiger partial charge < -0.3 is 9.73 Å². The van der Waals surface area contributed by atoms with Gasteiger partial charge in [-0.25, -0.2) is 4.79 Å². The first-order valence-corrected chi connectivity index (χ1v) is 7.83. The van der Waals surface area contributed by atoms with E-state index in [0.29, 0.717) is 30.6 Å². The van der Waals surface area contributed by atoms with E-state index in [9.17, 15) is 9.59 Å². The zero-order chi connectivity index (χ0) is 15.1. The van der Waals surface area contributed by atoms with Crippen molar-refractivity contribution in [2.75, 3.05) is 13.1 Å². The summed E-state index contributed by atoms with van der Waals surface area (Å²) in [6, 6.07) is 8.19. The second-order valence-corrected chi connectivity index (χ2v) is 6.12. The lowest BCUT2D eigenvalue weighted by atomic mass is 10.1. The molecule has 2 aromatic rings. The zero-order valence-electron chi connectivity index (χ0n) is 12.3. The van der Waals surface area contributed by atoms with E-state index in [0.717, 1.165) is 31.4 Å². The number of carbonyl (C=O) groups excluding carboxylic acids is 1. The molecule has 0 spiro atoms. The number of nitrogens with one attached hydrogen (secondary N) is 1. The molecule has 6 nitrogen and oxygen atoms in total. The van der Waals surface area contributed by atoms with E-state index in [-0.39, 0.29) is 11.7 Å². The van der Waals surface area contributed by atoms with Crippen LogP contribution >= 0.6 is 0 Å². The maximum Gasteiger partial charge on any atom is 0.419 e. The van der Waals surface area contributed by atoms with Gasteiger partial charge in [-0.2, -0.15) is 0 Å². The molecule has 1 amide bonds. The van der Waals surface area contributed by atoms with E-state index in [1.807, 2.05) is 24.3 Å². The largest absolute Gasteiger partial charge is 0.419 e. The topological polar surface area (TPSA) is 67.5 Å². The Balaban J connectivity index is 1.56. The molecule has 2 aliphatic rings. The Morgan fingerprint density at radius 1 is 1.14 bits per heavy atom. The molecule has 3 heterocycles. The molecule has 0 saturated carbocycles. The number of nitrogens with zero attached hydrogens (tertiary/aromatic N) is 2. The van der Waals surface area contributed by atoms with Gasteiger partial charge in [0.05, 0.1) is 5.52 Å². The molecule has 4 rings (SSSR count). The summed E-state index contributed by atoms with van der Waals surface area (Å²) in [5.41, 5.74) is 1.46. The van der Waals surface area contributed by atoms with Crippen LogP contribution in [0, 0.1) is 0 Å². The fourth-order valence-corrected chi connectivity index (χ4v) is 3.78. The summed E-state index contributed by atoms with van der Waals surface area (Å²) in [6.45, 7) is 2.08. The molecule has 22 heavy (non-hydrogen) atoms. The third-order valence-electron chi connectivity index (χ3n) is 4.88. The lowest BCUT2D eigenvalue weighted by Gasteiger charge is -2.26. The summed E-state index contributed by atoms with van der Waals surface area (Å²) in [5, 5.41) is 2.97. The Kier molecular flexibility index (Phi) is 3.26. The Morgan fingerprint density at radius 2 is 1.95 bits per heavy atom. The first-order valence-electron chi connectivity index (χ1n) is 7.83. The minimum Gasteiger partial charge on any atom is -0.408 e. The Bertz CT molecular complexity index is 763. The Morgan fingerprint density at radius 3 is 2.86 bits per heavy atom. The smallest absolute Gasteiger partial charge is 0.408 e. The SMILES string of the molecule is O=C1C[C@@H]2CC[C@H](CN1)N2CCn1c(=O)oc2ccccc21. The second-order valence-electron chi connectivity index (χ2n) is 6.12. The van der Waals surface area contributed by atoms with Crippen LogP contribution in [0.1, 0.15) is 19.3 Å². The molecule has 2 aliphatic heterocycles. The number of fused-ring (bicyclic) bond motifs is 3. The molecule has 2 atom stereocenters. The van der Waals surface area contributed by atoms with E-state index in [1.165, 1.54) is 0 Å². The lowest BCUT2D eigenvalue weighted by molar-refractivity contribution is -0.121. The minimum absolute atomic E-state index is 0.142. The third-order valence-corrected chi connectivity index (χ3v) is 4.88. The number of benzene rings is 1. The molecule has 2 bridgehead atoms. The van der Waals surface area contributed by atoms with Crippen molar-refractivity contribution in [1.82, 2.24) is 14.8 Å². The second kappa shape index (κ2) is 5.28. The molecule has 1 aromatic carbocycles. The van der Waals surface area contributed by atoms with Crippen LogP contribution in [-0.2, 0) is 11.3 Å². The van der Waals surface area contributed by atoms with E-state index < -0.39 is 0 Å². The maximum atomic E-state index is 12.0. The maximum absolute atomic E-state index is 12.0. The number of amides is 1. The van der Waals surface area contributed by atoms with Gasteiger partial charge in [-0.1, -0.05) is 12.1 Å². The zero-order valence-corrected chi connectivity index (χ0v) is 12.3. The fraction of sp³-hybridized carbons (Fsp3) is 0.500. The van der Waals surface area contributed by atoms with Crippen molar-refractivity contribution in [2.45, 2.75) is 37.9 Å². The lowest BCUT2D eigenvalue weighted by Crippen LogP contribution is -2.40. The van der Waals surface area contributed by atoms with Crippen LogP contribution in [-0.4, -0.2) is 40.5 Å². The van der Waals surface area contributed by atoms with Gasteiger partial charge in [0.15, 0.2) is 5.58 Å². The van der Waals surface area contributed by atoms with Crippen molar-refractivity contribution in [3.05, 3.63) is 34.8 Å². The van der Waals surface area contributed by atoms with E-state index in [2.05, 4.69) is 10.2 Å². The predicted molar refractivity (Wildman–Crippen MR) is 81.6 cm³/mol. The number of rotatable bonds is 3. The van der Waals surface area contributed by atoms with Crippen LogP contribution in [0.4, 0.5) is 0 Å². The summed E-state index contributed by atoms with van der Waals surface area (Å²) in [5.74, 6) is -0.166. The van der Waals surface area contributed by atoms with E-state index in [4.69, 9.17) is 4.42 Å². The summed E-state index contributed by atoms with van der Waals surface area (Å²) >= 11 is 0. The molecule has 1 N–H and O–H groups in total. The van der Waals surface area contributed by atoms with Crippen LogP contribution in [0.3, 0.4) is 0 Å². The quantitative estimate of drug-likeness (QED) is 0.916. The molecule has 0 unspecified atom stereocenters. The van der Waals surface area contributed by atoms with Gasteiger partial charge in [-0.15, -0.1) is 0 Å². The van der Waals surface area contributed by atoms with Crippen molar-refractivity contribution in [2.24, 2.45) is 0 Å². The van der Waals surface area contributed by atoms with Gasteiger partial charge in [0.2, 0.25) is 5.91 Å². The van der Waals surface area contributed by atoms with Crippen molar-refractivity contribution in [3.8, 4) is 0 Å². The summed E-state index contributed by atoms with van der Waals surface area (Å²) in [6.07, 6.45) is 2.75. The normalized spacial score (nSPS) is 25.4. The number of hydrogen-bond donors (Lipinski definition) is 1. The van der Waals surface area contributed by atoms with E-state index in [1.54, 1.807) is 4.57 Å². The van der Waals surface area contributed by atoms with Crippen molar-refractivity contribution < 1.29 is 9.21 Å². The highest BCUT2D eigenvalue weighted by Crippen LogP contribution is 2.28. The molecular weight excluding hydrogens is 282 g/mol. The van der Waals surface area contributed by atoms with Gasteiger partial charge in [0.1, 0.15) is 0 Å². The van der Waals surface area contributed by atoms with Gasteiger partial charge in [0.25, 0.3) is 0 Å². The van der Waals surface area contributed by atoms with Crippen LogP contribution in [0.5, 0.6) is 0 Å². The molecule has 2 fully saturated rings. The molecule has 6 heteroatoms. The number of aromatic nitrogens is 1. The monoisotopic (exact) mass is 301 g/mol. The van der Waals surface area contributed by atoms with Gasteiger partial charge in [-0.3, -0.25) is 14.3 Å². The highest BCUT2D eigenvalue weighted by molar-refractivity contribution is 5.77. The van der Waals surface area contributed by atoms with Gasteiger partial charge >= 0.3 is 5.76 Å². The molecule has 116 valence electrons. The fourth-order valence-electron chi connectivity index (χ4n) is 3.78. The molecule has 0 radical (unpaired) electrons. The Hall–Kier alpha value is -2.08. The number of oxazole rings is 1. The summed E-state index contributed by atoms with van der Waals surface area (Å²) in [7, 11) is 0.